The van der Waals surface area contributed by atoms with Gasteiger partial charge in [-0.3, -0.25) is 4.79 Å². The Morgan fingerprint density at radius 2 is 2.06 bits per heavy atom. The van der Waals surface area contributed by atoms with Crippen LogP contribution >= 0.6 is 0 Å². The summed E-state index contributed by atoms with van der Waals surface area (Å²) in [6.07, 6.45) is 1.36. The molecule has 0 aliphatic heterocycles. The molecule has 0 radical (unpaired) electrons. The summed E-state index contributed by atoms with van der Waals surface area (Å²) in [5.74, 6) is -5.52. The Morgan fingerprint density at radius 1 is 1.28 bits per heavy atom. The van der Waals surface area contributed by atoms with Crippen LogP contribution in [0.4, 0.5) is 19.0 Å². The molecule has 1 amide bonds. The number of nitrogens with one attached hydrogen (secondary N) is 1. The van der Waals surface area contributed by atoms with E-state index in [-0.39, 0.29) is 5.82 Å². The molecule has 0 aromatic carbocycles. The molecule has 0 bridgehead atoms. The molecule has 8 heteroatoms. The summed E-state index contributed by atoms with van der Waals surface area (Å²) in [4.78, 5) is 14.2. The zero-order valence-electron chi connectivity index (χ0n) is 8.69. The smallest absolute Gasteiger partial charge is 0.260 e. The summed E-state index contributed by atoms with van der Waals surface area (Å²) < 4.78 is 38.8. The first-order chi connectivity index (χ1) is 8.58. The lowest BCUT2D eigenvalue weighted by atomic mass is 10.2. The van der Waals surface area contributed by atoms with E-state index in [2.05, 4.69) is 20.5 Å². The summed E-state index contributed by atoms with van der Waals surface area (Å²) in [6, 6.07) is 3.35. The SMILES string of the molecule is O=C(Nc1cccnn1)c1cc(F)nc(F)c1F. The minimum atomic E-state index is -1.68. The summed E-state index contributed by atoms with van der Waals surface area (Å²) in [5, 5.41) is 9.12. The van der Waals surface area contributed by atoms with E-state index in [9.17, 15) is 18.0 Å². The van der Waals surface area contributed by atoms with Crippen molar-refractivity contribution in [3.05, 3.63) is 47.7 Å². The predicted molar refractivity (Wildman–Crippen MR) is 54.1 cm³/mol. The maximum absolute atomic E-state index is 13.2. The highest BCUT2D eigenvalue weighted by atomic mass is 19.2. The standard InChI is InChI=1S/C10H5F3N4O/c11-6-4-5(8(12)9(13)15-6)10(18)16-7-2-1-3-14-17-7/h1-4H,(H,16,17,18). The van der Waals surface area contributed by atoms with Crippen molar-refractivity contribution in [3.8, 4) is 0 Å². The highest BCUT2D eigenvalue weighted by Crippen LogP contribution is 2.13. The molecule has 0 unspecified atom stereocenters. The van der Waals surface area contributed by atoms with Crippen LogP contribution in [0.3, 0.4) is 0 Å². The molecule has 18 heavy (non-hydrogen) atoms. The number of nitrogens with zero attached hydrogens (tertiary/aromatic N) is 3. The Hall–Kier alpha value is -2.51. The van der Waals surface area contributed by atoms with Crippen molar-refractivity contribution in [2.45, 2.75) is 0 Å². The third-order valence-electron chi connectivity index (χ3n) is 1.94. The van der Waals surface area contributed by atoms with E-state index < -0.39 is 29.2 Å². The quantitative estimate of drug-likeness (QED) is 0.825. The average molecular weight is 254 g/mol. The molecule has 0 fully saturated rings. The lowest BCUT2D eigenvalue weighted by molar-refractivity contribution is 0.102. The number of carbonyl (C=O) groups is 1. The number of hydrogen-bond acceptors (Lipinski definition) is 4. The molecule has 2 aromatic heterocycles. The summed E-state index contributed by atoms with van der Waals surface area (Å²) in [6.45, 7) is 0. The topological polar surface area (TPSA) is 67.8 Å². The Kier molecular flexibility index (Phi) is 3.18. The average Bonchev–Trinajstić information content (AvgIpc) is 2.35. The first-order valence-corrected chi connectivity index (χ1v) is 4.68. The van der Waals surface area contributed by atoms with Crippen LogP contribution in [-0.2, 0) is 0 Å². The zero-order chi connectivity index (χ0) is 13.1. The van der Waals surface area contributed by atoms with E-state index in [0.29, 0.717) is 6.07 Å². The fourth-order valence-electron chi connectivity index (χ4n) is 1.19. The van der Waals surface area contributed by atoms with Crippen LogP contribution in [0.2, 0.25) is 0 Å². The molecular formula is C10H5F3N4O. The van der Waals surface area contributed by atoms with Gasteiger partial charge >= 0.3 is 0 Å². The number of amides is 1. The van der Waals surface area contributed by atoms with Gasteiger partial charge in [-0.1, -0.05) is 0 Å². The Morgan fingerprint density at radius 3 is 2.72 bits per heavy atom. The van der Waals surface area contributed by atoms with E-state index in [1.54, 1.807) is 0 Å². The van der Waals surface area contributed by atoms with Crippen LogP contribution in [0.1, 0.15) is 10.4 Å². The van der Waals surface area contributed by atoms with Crippen LogP contribution in [-0.4, -0.2) is 21.1 Å². The van der Waals surface area contributed by atoms with Crippen LogP contribution in [0, 0.1) is 17.7 Å². The second-order valence-corrected chi connectivity index (χ2v) is 3.16. The summed E-state index contributed by atoms with van der Waals surface area (Å²) >= 11 is 0. The second kappa shape index (κ2) is 4.78. The number of hydrogen-bond donors (Lipinski definition) is 1. The van der Waals surface area contributed by atoms with Gasteiger partial charge in [0.05, 0.1) is 5.56 Å². The van der Waals surface area contributed by atoms with E-state index in [1.807, 2.05) is 0 Å². The van der Waals surface area contributed by atoms with Gasteiger partial charge in [0.2, 0.25) is 5.95 Å². The van der Waals surface area contributed by atoms with Crippen molar-refractivity contribution in [1.29, 1.82) is 0 Å². The fourth-order valence-corrected chi connectivity index (χ4v) is 1.19. The van der Waals surface area contributed by atoms with Gasteiger partial charge in [-0.15, -0.1) is 5.10 Å². The molecule has 0 atom stereocenters. The Bertz CT molecular complexity index is 591. The van der Waals surface area contributed by atoms with Crippen molar-refractivity contribution in [1.82, 2.24) is 15.2 Å². The van der Waals surface area contributed by atoms with Gasteiger partial charge in [0, 0.05) is 12.3 Å². The third kappa shape index (κ3) is 2.42. The van der Waals surface area contributed by atoms with Crippen LogP contribution < -0.4 is 5.32 Å². The largest absolute Gasteiger partial charge is 0.305 e. The van der Waals surface area contributed by atoms with E-state index >= 15 is 0 Å². The van der Waals surface area contributed by atoms with Crippen molar-refractivity contribution < 1.29 is 18.0 Å². The molecule has 2 aromatic rings. The normalized spacial score (nSPS) is 10.2. The molecule has 0 spiro atoms. The molecule has 0 aliphatic carbocycles. The van der Waals surface area contributed by atoms with Crippen LogP contribution in [0.5, 0.6) is 0 Å². The van der Waals surface area contributed by atoms with Gasteiger partial charge in [0.25, 0.3) is 11.9 Å². The van der Waals surface area contributed by atoms with Crippen molar-refractivity contribution in [3.63, 3.8) is 0 Å². The Balaban J connectivity index is 2.30. The molecule has 2 rings (SSSR count). The predicted octanol–water partition coefficient (Wildman–Crippen LogP) is 1.54. The number of carbonyl (C=O) groups excluding carboxylic acids is 1. The second-order valence-electron chi connectivity index (χ2n) is 3.16. The Labute approximate surface area is 98.7 Å². The lowest BCUT2D eigenvalue weighted by Gasteiger charge is -2.04. The molecule has 5 nitrogen and oxygen atoms in total. The van der Waals surface area contributed by atoms with Crippen LogP contribution in [0.15, 0.2) is 24.4 Å². The minimum absolute atomic E-state index is 0.0273. The number of aromatic nitrogens is 3. The molecule has 1 N–H and O–H groups in total. The van der Waals surface area contributed by atoms with Gasteiger partial charge in [-0.2, -0.15) is 18.9 Å². The molecular weight excluding hydrogens is 249 g/mol. The van der Waals surface area contributed by atoms with Crippen molar-refractivity contribution in [2.24, 2.45) is 0 Å². The van der Waals surface area contributed by atoms with Crippen LogP contribution in [0.25, 0.3) is 0 Å². The summed E-state index contributed by atoms with van der Waals surface area (Å²) in [5.41, 5.74) is -0.800. The van der Waals surface area contributed by atoms with E-state index in [4.69, 9.17) is 0 Å². The molecule has 0 saturated heterocycles. The number of rotatable bonds is 2. The number of halogens is 3. The van der Waals surface area contributed by atoms with E-state index in [0.717, 1.165) is 0 Å². The van der Waals surface area contributed by atoms with Gasteiger partial charge in [0.15, 0.2) is 11.6 Å². The molecule has 2 heterocycles. The van der Waals surface area contributed by atoms with Crippen molar-refractivity contribution >= 4 is 11.7 Å². The number of anilines is 1. The molecule has 92 valence electrons. The number of pyridine rings is 1. The van der Waals surface area contributed by atoms with Gasteiger partial charge in [-0.25, -0.2) is 4.39 Å². The van der Waals surface area contributed by atoms with Crippen molar-refractivity contribution in [2.75, 3.05) is 5.32 Å². The summed E-state index contributed by atoms with van der Waals surface area (Å²) in [7, 11) is 0. The highest BCUT2D eigenvalue weighted by Gasteiger charge is 2.19. The van der Waals surface area contributed by atoms with Gasteiger partial charge < -0.3 is 5.32 Å². The highest BCUT2D eigenvalue weighted by molar-refractivity contribution is 6.03. The van der Waals surface area contributed by atoms with Gasteiger partial charge in [0.1, 0.15) is 0 Å². The van der Waals surface area contributed by atoms with Gasteiger partial charge in [-0.05, 0) is 12.1 Å². The lowest BCUT2D eigenvalue weighted by Crippen LogP contribution is -2.17. The fraction of sp³-hybridized carbons (Fsp3) is 0. The molecule has 0 aliphatic rings. The maximum Gasteiger partial charge on any atom is 0.260 e. The zero-order valence-corrected chi connectivity index (χ0v) is 8.69. The third-order valence-corrected chi connectivity index (χ3v) is 1.94. The first kappa shape index (κ1) is 12.0. The van der Waals surface area contributed by atoms with E-state index in [1.165, 1.54) is 18.3 Å². The molecule has 0 saturated carbocycles. The monoisotopic (exact) mass is 254 g/mol. The minimum Gasteiger partial charge on any atom is -0.305 e. The maximum atomic E-state index is 13.2. The first-order valence-electron chi connectivity index (χ1n) is 4.68.